The molecule has 3 N–H and O–H groups in total. The molecule has 0 aromatic carbocycles. The largest absolute Gasteiger partial charge is 0.480 e. The van der Waals surface area contributed by atoms with Crippen LogP contribution in [-0.2, 0) is 14.3 Å². The molecule has 94 valence electrons. The lowest BCUT2D eigenvalue weighted by molar-refractivity contribution is -0.146. The van der Waals surface area contributed by atoms with E-state index in [0.29, 0.717) is 6.61 Å². The average Bonchev–Trinajstić information content (AvgIpc) is 2.23. The Balaban J connectivity index is 3.74. The van der Waals surface area contributed by atoms with Gasteiger partial charge in [-0.2, -0.15) is 0 Å². The minimum atomic E-state index is -1.09. The average molecular weight is 231 g/mol. The summed E-state index contributed by atoms with van der Waals surface area (Å²) in [6.07, 6.45) is 3.00. The number of carboxylic acids is 1. The molecule has 0 heterocycles. The predicted molar refractivity (Wildman–Crippen MR) is 59.9 cm³/mol. The Morgan fingerprint density at radius 1 is 1.38 bits per heavy atom. The maximum Gasteiger partial charge on any atom is 0.320 e. The van der Waals surface area contributed by atoms with Gasteiger partial charge in [0.25, 0.3) is 0 Å². The van der Waals surface area contributed by atoms with Gasteiger partial charge in [0.2, 0.25) is 0 Å². The van der Waals surface area contributed by atoms with Gasteiger partial charge in [0, 0.05) is 0 Å². The Bertz CT molecular complexity index is 230. The molecule has 5 nitrogen and oxygen atoms in total. The topological polar surface area (TPSA) is 89.6 Å². The van der Waals surface area contributed by atoms with Gasteiger partial charge in [-0.25, -0.2) is 0 Å². The predicted octanol–water partition coefficient (Wildman–Crippen LogP) is 1.16. The summed E-state index contributed by atoms with van der Waals surface area (Å²) in [4.78, 5) is 21.8. The second kappa shape index (κ2) is 8.10. The Morgan fingerprint density at radius 2 is 2.00 bits per heavy atom. The molecular weight excluding hydrogens is 210 g/mol. The van der Waals surface area contributed by atoms with Crippen LogP contribution in [0.4, 0.5) is 0 Å². The van der Waals surface area contributed by atoms with Crippen LogP contribution in [0.5, 0.6) is 0 Å². The monoisotopic (exact) mass is 231 g/mol. The Kier molecular flexibility index (Phi) is 7.54. The highest BCUT2D eigenvalue weighted by Gasteiger charge is 2.22. The van der Waals surface area contributed by atoms with Crippen molar-refractivity contribution in [2.75, 3.05) is 6.61 Å². The highest BCUT2D eigenvalue weighted by atomic mass is 16.5. The van der Waals surface area contributed by atoms with Gasteiger partial charge < -0.3 is 15.6 Å². The van der Waals surface area contributed by atoms with E-state index in [1.54, 1.807) is 6.92 Å². The van der Waals surface area contributed by atoms with E-state index >= 15 is 0 Å². The first-order valence-electron chi connectivity index (χ1n) is 5.63. The zero-order valence-electron chi connectivity index (χ0n) is 9.94. The van der Waals surface area contributed by atoms with Gasteiger partial charge in [-0.1, -0.05) is 26.7 Å². The van der Waals surface area contributed by atoms with Gasteiger partial charge in [0.05, 0.1) is 13.0 Å². The third-order valence-electron chi connectivity index (χ3n) is 2.40. The highest BCUT2D eigenvalue weighted by Crippen LogP contribution is 2.08. The van der Waals surface area contributed by atoms with Crippen LogP contribution < -0.4 is 5.73 Å². The molecule has 0 rings (SSSR count). The van der Waals surface area contributed by atoms with Crippen molar-refractivity contribution in [2.45, 2.75) is 45.6 Å². The van der Waals surface area contributed by atoms with Crippen LogP contribution in [0, 0.1) is 5.92 Å². The number of esters is 1. The number of hydrogen-bond donors (Lipinski definition) is 2. The van der Waals surface area contributed by atoms with E-state index in [0.717, 1.165) is 19.3 Å². The lowest BCUT2D eigenvalue weighted by atomic mass is 9.99. The van der Waals surface area contributed by atoms with E-state index in [-0.39, 0.29) is 12.4 Å². The molecule has 0 aromatic heterocycles. The minimum Gasteiger partial charge on any atom is -0.480 e. The standard InChI is InChI=1S/C11H21NO4/c1-3-4-5-6-16-9(13)7-8(2)10(12)11(14)15/h8,10H,3-7,12H2,1-2H3,(H,14,15)/t8?,10-/m1/s1. The first-order valence-corrected chi connectivity index (χ1v) is 5.63. The number of ether oxygens (including phenoxy) is 1. The lowest BCUT2D eigenvalue weighted by Crippen LogP contribution is -2.37. The summed E-state index contributed by atoms with van der Waals surface area (Å²) >= 11 is 0. The fourth-order valence-corrected chi connectivity index (χ4v) is 1.23. The van der Waals surface area contributed by atoms with E-state index < -0.39 is 17.9 Å². The number of carboxylic acid groups (broad SMARTS) is 1. The molecule has 0 saturated heterocycles. The Labute approximate surface area is 96.0 Å². The molecule has 0 bridgehead atoms. The van der Waals surface area contributed by atoms with Crippen molar-refractivity contribution in [1.29, 1.82) is 0 Å². The van der Waals surface area contributed by atoms with E-state index in [9.17, 15) is 9.59 Å². The van der Waals surface area contributed by atoms with Gasteiger partial charge in [-0.05, 0) is 12.3 Å². The van der Waals surface area contributed by atoms with Crippen LogP contribution in [0.15, 0.2) is 0 Å². The SMILES string of the molecule is CCCCCOC(=O)CC(C)[C@@H](N)C(=O)O. The molecule has 0 aliphatic rings. The molecule has 2 atom stereocenters. The molecule has 1 unspecified atom stereocenters. The number of rotatable bonds is 8. The second-order valence-corrected chi connectivity index (χ2v) is 3.97. The fraction of sp³-hybridized carbons (Fsp3) is 0.818. The molecule has 16 heavy (non-hydrogen) atoms. The molecular formula is C11H21NO4. The molecule has 0 saturated carbocycles. The molecule has 0 aliphatic carbocycles. The first kappa shape index (κ1) is 14.9. The van der Waals surface area contributed by atoms with E-state index in [4.69, 9.17) is 15.6 Å². The molecule has 0 aromatic rings. The fourth-order valence-electron chi connectivity index (χ4n) is 1.23. The van der Waals surface area contributed by atoms with Crippen molar-refractivity contribution in [1.82, 2.24) is 0 Å². The van der Waals surface area contributed by atoms with Crippen molar-refractivity contribution in [2.24, 2.45) is 11.7 Å². The van der Waals surface area contributed by atoms with Gasteiger partial charge >= 0.3 is 11.9 Å². The Morgan fingerprint density at radius 3 is 2.50 bits per heavy atom. The summed E-state index contributed by atoms with van der Waals surface area (Å²) in [5.74, 6) is -1.87. The summed E-state index contributed by atoms with van der Waals surface area (Å²) in [5.41, 5.74) is 5.38. The van der Waals surface area contributed by atoms with Gasteiger partial charge in [-0.3, -0.25) is 9.59 Å². The van der Waals surface area contributed by atoms with Crippen LogP contribution in [0.2, 0.25) is 0 Å². The number of unbranched alkanes of at least 4 members (excludes halogenated alkanes) is 2. The quantitative estimate of drug-likeness (QED) is 0.483. The van der Waals surface area contributed by atoms with Gasteiger partial charge in [0.1, 0.15) is 6.04 Å². The summed E-state index contributed by atoms with van der Waals surface area (Å²) < 4.78 is 4.96. The number of carbonyl (C=O) groups is 2. The zero-order valence-corrected chi connectivity index (χ0v) is 9.94. The van der Waals surface area contributed by atoms with Crippen LogP contribution in [-0.4, -0.2) is 29.7 Å². The molecule has 0 amide bonds. The van der Waals surface area contributed by atoms with E-state index in [2.05, 4.69) is 6.92 Å². The summed E-state index contributed by atoms with van der Waals surface area (Å²) in [5, 5.41) is 8.63. The zero-order chi connectivity index (χ0) is 12.6. The van der Waals surface area contributed by atoms with Crippen molar-refractivity contribution in [3.63, 3.8) is 0 Å². The molecule has 0 spiro atoms. The number of aliphatic carboxylic acids is 1. The number of nitrogens with two attached hydrogens (primary N) is 1. The van der Waals surface area contributed by atoms with Crippen molar-refractivity contribution in [3.05, 3.63) is 0 Å². The maximum absolute atomic E-state index is 11.3. The Hall–Kier alpha value is -1.10. The molecule has 0 radical (unpaired) electrons. The molecule has 5 heteroatoms. The second-order valence-electron chi connectivity index (χ2n) is 3.97. The normalized spacial score (nSPS) is 14.2. The minimum absolute atomic E-state index is 0.0552. The van der Waals surface area contributed by atoms with E-state index in [1.165, 1.54) is 0 Å². The number of carbonyl (C=O) groups excluding carboxylic acids is 1. The van der Waals surface area contributed by atoms with Crippen molar-refractivity contribution >= 4 is 11.9 Å². The summed E-state index contributed by atoms with van der Waals surface area (Å²) in [7, 11) is 0. The van der Waals surface area contributed by atoms with Crippen LogP contribution in [0.3, 0.4) is 0 Å². The molecule has 0 fully saturated rings. The van der Waals surface area contributed by atoms with Crippen molar-refractivity contribution < 1.29 is 19.4 Å². The maximum atomic E-state index is 11.3. The highest BCUT2D eigenvalue weighted by molar-refractivity contribution is 5.75. The van der Waals surface area contributed by atoms with E-state index in [1.807, 2.05) is 0 Å². The third kappa shape index (κ3) is 6.40. The number of hydrogen-bond acceptors (Lipinski definition) is 4. The van der Waals surface area contributed by atoms with Crippen LogP contribution in [0.1, 0.15) is 39.5 Å². The summed E-state index contributed by atoms with van der Waals surface area (Å²) in [6.45, 7) is 4.10. The molecule has 0 aliphatic heterocycles. The summed E-state index contributed by atoms with van der Waals surface area (Å²) in [6, 6.07) is -1.01. The van der Waals surface area contributed by atoms with Gasteiger partial charge in [0.15, 0.2) is 0 Å². The van der Waals surface area contributed by atoms with Crippen molar-refractivity contribution in [3.8, 4) is 0 Å². The van der Waals surface area contributed by atoms with Gasteiger partial charge in [-0.15, -0.1) is 0 Å². The third-order valence-corrected chi connectivity index (χ3v) is 2.40. The lowest BCUT2D eigenvalue weighted by Gasteiger charge is -2.14. The first-order chi connectivity index (χ1) is 7.49. The van der Waals surface area contributed by atoms with Crippen LogP contribution in [0.25, 0.3) is 0 Å². The van der Waals surface area contributed by atoms with Crippen LogP contribution >= 0.6 is 0 Å². The smallest absolute Gasteiger partial charge is 0.320 e.